The monoisotopic (exact) mass is 372 g/mol. The van der Waals surface area contributed by atoms with Crippen LogP contribution in [0.4, 0.5) is 0 Å². The van der Waals surface area contributed by atoms with E-state index in [9.17, 15) is 4.79 Å². The summed E-state index contributed by atoms with van der Waals surface area (Å²) in [4.78, 5) is 14.9. The summed E-state index contributed by atoms with van der Waals surface area (Å²) < 4.78 is 5.50. The lowest BCUT2D eigenvalue weighted by molar-refractivity contribution is -0.133. The summed E-state index contributed by atoms with van der Waals surface area (Å²) in [7, 11) is 1.68. The van der Waals surface area contributed by atoms with Crippen LogP contribution in [0.1, 0.15) is 38.3 Å². The highest BCUT2D eigenvalue weighted by Crippen LogP contribution is 2.31. The number of halogens is 1. The van der Waals surface area contributed by atoms with E-state index in [2.05, 4.69) is 18.3 Å². The lowest BCUT2D eigenvalue weighted by Crippen LogP contribution is -2.50. The van der Waals surface area contributed by atoms with Crippen molar-refractivity contribution in [2.75, 3.05) is 32.5 Å². The highest BCUT2D eigenvalue weighted by molar-refractivity contribution is 8.00. The van der Waals surface area contributed by atoms with Crippen LogP contribution in [0.5, 0.6) is 5.75 Å². The molecule has 0 spiro atoms. The van der Waals surface area contributed by atoms with Gasteiger partial charge < -0.3 is 15.0 Å². The molecular formula is C18H29ClN2O2S. The fourth-order valence-electron chi connectivity index (χ4n) is 2.90. The highest BCUT2D eigenvalue weighted by atomic mass is 35.5. The Kier molecular flexibility index (Phi) is 9.56. The zero-order valence-corrected chi connectivity index (χ0v) is 16.4. The summed E-state index contributed by atoms with van der Waals surface area (Å²) in [5, 5.41) is 3.42. The van der Waals surface area contributed by atoms with E-state index in [4.69, 9.17) is 4.74 Å². The number of nitrogens with one attached hydrogen (secondary N) is 1. The first-order valence-electron chi connectivity index (χ1n) is 8.44. The molecule has 136 valence electrons. The van der Waals surface area contributed by atoms with Gasteiger partial charge in [0.05, 0.1) is 18.4 Å². The van der Waals surface area contributed by atoms with Crippen molar-refractivity contribution in [2.24, 2.45) is 0 Å². The molecule has 0 radical (unpaired) electrons. The predicted octanol–water partition coefficient (Wildman–Crippen LogP) is 3.51. The average Bonchev–Trinajstić information content (AvgIpc) is 2.61. The van der Waals surface area contributed by atoms with Crippen LogP contribution in [0.2, 0.25) is 0 Å². The molecule has 1 aliphatic rings. The first-order valence-corrected chi connectivity index (χ1v) is 9.49. The third kappa shape index (κ3) is 5.30. The van der Waals surface area contributed by atoms with Gasteiger partial charge in [-0.1, -0.05) is 31.5 Å². The van der Waals surface area contributed by atoms with Crippen LogP contribution in [-0.4, -0.2) is 48.6 Å². The van der Waals surface area contributed by atoms with E-state index in [0.29, 0.717) is 0 Å². The van der Waals surface area contributed by atoms with Gasteiger partial charge in [0.1, 0.15) is 5.75 Å². The quantitative estimate of drug-likeness (QED) is 0.743. The zero-order chi connectivity index (χ0) is 16.7. The summed E-state index contributed by atoms with van der Waals surface area (Å²) in [6, 6.07) is 8.04. The van der Waals surface area contributed by atoms with Crippen LogP contribution in [0.3, 0.4) is 0 Å². The van der Waals surface area contributed by atoms with Crippen molar-refractivity contribution < 1.29 is 9.53 Å². The van der Waals surface area contributed by atoms with Crippen LogP contribution in [-0.2, 0) is 4.79 Å². The average molecular weight is 373 g/mol. The van der Waals surface area contributed by atoms with Gasteiger partial charge in [-0.2, -0.15) is 0 Å². The summed E-state index contributed by atoms with van der Waals surface area (Å²) in [6.07, 6.45) is 2.34. The molecule has 1 amide bonds. The molecule has 0 aromatic heterocycles. The molecule has 2 unspecified atom stereocenters. The normalized spacial score (nSPS) is 18.6. The Balaban J connectivity index is 0.00000288. The molecule has 1 fully saturated rings. The maximum Gasteiger partial charge on any atom is 0.236 e. The Morgan fingerprint density at radius 2 is 2.21 bits per heavy atom. The van der Waals surface area contributed by atoms with E-state index in [-0.39, 0.29) is 29.6 Å². The lowest BCUT2D eigenvalue weighted by atomic mass is 10.0. The molecule has 1 saturated heterocycles. The van der Waals surface area contributed by atoms with Crippen molar-refractivity contribution in [3.05, 3.63) is 29.8 Å². The molecule has 1 N–H and O–H groups in total. The Labute approximate surface area is 156 Å². The van der Waals surface area contributed by atoms with Crippen molar-refractivity contribution >= 4 is 30.1 Å². The first kappa shape index (κ1) is 21.1. The maximum absolute atomic E-state index is 12.9. The summed E-state index contributed by atoms with van der Waals surface area (Å²) in [5.41, 5.74) is 1.08. The van der Waals surface area contributed by atoms with Crippen LogP contribution in [0, 0.1) is 0 Å². The molecule has 0 aliphatic carbocycles. The number of methoxy groups -OCH3 is 1. The Morgan fingerprint density at radius 1 is 1.46 bits per heavy atom. The van der Waals surface area contributed by atoms with E-state index >= 15 is 0 Å². The Hall–Kier alpha value is -0.910. The van der Waals surface area contributed by atoms with Crippen LogP contribution in [0.25, 0.3) is 0 Å². The third-order valence-corrected chi connectivity index (χ3v) is 5.46. The van der Waals surface area contributed by atoms with Gasteiger partial charge in [0.2, 0.25) is 5.91 Å². The molecule has 2 atom stereocenters. The van der Waals surface area contributed by atoms with Crippen molar-refractivity contribution in [3.8, 4) is 5.75 Å². The van der Waals surface area contributed by atoms with Crippen LogP contribution < -0.4 is 10.1 Å². The van der Waals surface area contributed by atoms with Gasteiger partial charge in [-0.3, -0.25) is 4.79 Å². The molecule has 0 saturated carbocycles. The van der Waals surface area contributed by atoms with Crippen molar-refractivity contribution in [3.63, 3.8) is 0 Å². The smallest absolute Gasteiger partial charge is 0.236 e. The molecule has 1 aromatic rings. The second-order valence-electron chi connectivity index (χ2n) is 5.86. The van der Waals surface area contributed by atoms with Gasteiger partial charge in [0.15, 0.2) is 0 Å². The largest absolute Gasteiger partial charge is 0.496 e. The minimum Gasteiger partial charge on any atom is -0.496 e. The van der Waals surface area contributed by atoms with Gasteiger partial charge in [0, 0.05) is 25.2 Å². The second kappa shape index (κ2) is 10.9. The molecule has 1 aromatic carbocycles. The number of ether oxygens (including phenoxy) is 1. The molecule has 24 heavy (non-hydrogen) atoms. The lowest BCUT2D eigenvalue weighted by Gasteiger charge is -2.38. The maximum atomic E-state index is 12.9. The van der Waals surface area contributed by atoms with Crippen LogP contribution >= 0.6 is 24.2 Å². The number of thioether (sulfide) groups is 1. The third-order valence-electron chi connectivity index (χ3n) is 4.24. The fraction of sp³-hybridized carbons (Fsp3) is 0.611. The predicted molar refractivity (Wildman–Crippen MR) is 104 cm³/mol. The minimum absolute atomic E-state index is 0. The molecular weight excluding hydrogens is 344 g/mol. The number of amides is 1. The first-order chi connectivity index (χ1) is 11.2. The number of carbonyl (C=O) groups is 1. The van der Waals surface area contributed by atoms with Crippen molar-refractivity contribution in [1.29, 1.82) is 0 Å². The number of hydrogen-bond acceptors (Lipinski definition) is 4. The number of para-hydroxylation sites is 1. The number of benzene rings is 1. The van der Waals surface area contributed by atoms with E-state index in [1.54, 1.807) is 18.9 Å². The molecule has 2 rings (SSSR count). The SMILES string of the molecule is CCCCSC(C)C(=O)N1CCNCC1c1ccccc1OC.Cl. The van der Waals surface area contributed by atoms with Crippen molar-refractivity contribution in [2.45, 2.75) is 38.0 Å². The topological polar surface area (TPSA) is 41.6 Å². The molecule has 0 bridgehead atoms. The van der Waals surface area contributed by atoms with Crippen LogP contribution in [0.15, 0.2) is 24.3 Å². The van der Waals surface area contributed by atoms with Gasteiger partial charge in [-0.05, 0) is 25.2 Å². The number of piperazine rings is 1. The second-order valence-corrected chi connectivity index (χ2v) is 7.31. The molecule has 1 aliphatic heterocycles. The number of rotatable bonds is 7. The zero-order valence-electron chi connectivity index (χ0n) is 14.8. The summed E-state index contributed by atoms with van der Waals surface area (Å²) >= 11 is 1.77. The van der Waals surface area contributed by atoms with Gasteiger partial charge in [-0.15, -0.1) is 24.2 Å². The van der Waals surface area contributed by atoms with E-state index in [1.807, 2.05) is 30.0 Å². The van der Waals surface area contributed by atoms with E-state index in [0.717, 1.165) is 36.7 Å². The van der Waals surface area contributed by atoms with Gasteiger partial charge >= 0.3 is 0 Å². The highest BCUT2D eigenvalue weighted by Gasteiger charge is 2.32. The summed E-state index contributed by atoms with van der Waals surface area (Å²) in [6.45, 7) is 6.59. The summed E-state index contributed by atoms with van der Waals surface area (Å²) in [5.74, 6) is 2.14. The number of hydrogen-bond donors (Lipinski definition) is 1. The van der Waals surface area contributed by atoms with Crippen molar-refractivity contribution in [1.82, 2.24) is 10.2 Å². The Bertz CT molecular complexity index is 516. The number of unbranched alkanes of at least 4 members (excludes halogenated alkanes) is 1. The van der Waals surface area contributed by atoms with E-state index < -0.39 is 0 Å². The molecule has 6 heteroatoms. The molecule has 4 nitrogen and oxygen atoms in total. The standard InChI is InChI=1S/C18H28N2O2S.ClH/c1-4-5-12-23-14(2)18(21)20-11-10-19-13-16(20)15-8-6-7-9-17(15)22-3;/h6-9,14,16,19H,4-5,10-13H2,1-3H3;1H. The fourth-order valence-corrected chi connectivity index (χ4v) is 3.98. The number of nitrogens with zero attached hydrogens (tertiary/aromatic N) is 1. The van der Waals surface area contributed by atoms with E-state index in [1.165, 1.54) is 12.8 Å². The molecule has 1 heterocycles. The Morgan fingerprint density at radius 3 is 2.92 bits per heavy atom. The van der Waals surface area contributed by atoms with Gasteiger partial charge in [-0.25, -0.2) is 0 Å². The minimum atomic E-state index is 0. The van der Waals surface area contributed by atoms with Gasteiger partial charge in [0.25, 0.3) is 0 Å². The number of carbonyl (C=O) groups excluding carboxylic acids is 1.